The Labute approximate surface area is 186 Å². The van der Waals surface area contributed by atoms with E-state index in [0.717, 1.165) is 25.7 Å². The van der Waals surface area contributed by atoms with Crippen molar-refractivity contribution in [3.8, 4) is 5.75 Å². The fourth-order valence-electron chi connectivity index (χ4n) is 3.85. The summed E-state index contributed by atoms with van der Waals surface area (Å²) in [7, 11) is -1.41. The van der Waals surface area contributed by atoms with Crippen LogP contribution in [-0.4, -0.2) is 68.3 Å². The van der Waals surface area contributed by atoms with E-state index in [1.54, 1.807) is 24.3 Å². The molecule has 0 radical (unpaired) electrons. The number of para-hydroxylation sites is 1. The summed E-state index contributed by atoms with van der Waals surface area (Å²) >= 11 is 0. The van der Waals surface area contributed by atoms with E-state index in [4.69, 9.17) is 9.47 Å². The fourth-order valence-corrected chi connectivity index (χ4v) is 5.23. The van der Waals surface area contributed by atoms with Crippen LogP contribution in [0.2, 0.25) is 0 Å². The van der Waals surface area contributed by atoms with Gasteiger partial charge in [0, 0.05) is 19.9 Å². The van der Waals surface area contributed by atoms with Crippen molar-refractivity contribution in [1.29, 1.82) is 0 Å². The van der Waals surface area contributed by atoms with Gasteiger partial charge in [0.2, 0.25) is 0 Å². The molecule has 8 heteroatoms. The van der Waals surface area contributed by atoms with Crippen molar-refractivity contribution in [3.63, 3.8) is 0 Å². The van der Waals surface area contributed by atoms with Crippen molar-refractivity contribution in [2.45, 2.75) is 102 Å². The van der Waals surface area contributed by atoms with Gasteiger partial charge >= 0.3 is 0 Å². The van der Waals surface area contributed by atoms with Crippen LogP contribution in [0, 0.1) is 0 Å². The summed E-state index contributed by atoms with van der Waals surface area (Å²) in [6.07, 6.45) is 1.82. The Morgan fingerprint density at radius 2 is 1.65 bits per heavy atom. The molecule has 6 atom stereocenters. The third-order valence-corrected chi connectivity index (χ3v) is 7.04. The Morgan fingerprint density at radius 3 is 2.29 bits per heavy atom. The molecule has 5 N–H and O–H groups in total. The molecule has 0 spiro atoms. The second-order valence-electron chi connectivity index (χ2n) is 8.42. The molecule has 3 rings (SSSR count). The number of rotatable bonds is 7. The smallest absolute Gasteiger partial charge is 0.186 e. The first-order valence-corrected chi connectivity index (χ1v) is 13.1. The standard InChI is InChI=1S/C20H31O7P.C3H8/c21-15-9-5-4-6-13(15)12-28(25)11-10-16-17(22)18(23)19(24)20(27-16)26-14-7-2-1-3-8-14;1-3-2/h4-6,9,14,16-25H,1-3,7-8,10-12H2;3H2,1-2H3/t16?,17-,18?,19?,20+,28?;/m1./s1. The van der Waals surface area contributed by atoms with Crippen LogP contribution in [0.3, 0.4) is 0 Å². The monoisotopic (exact) mass is 458 g/mol. The quantitative estimate of drug-likeness (QED) is 0.398. The van der Waals surface area contributed by atoms with E-state index in [-0.39, 0.29) is 11.9 Å². The molecular formula is C23H39O7P. The summed E-state index contributed by atoms with van der Waals surface area (Å²) in [6, 6.07) is 6.87. The fraction of sp³-hybridized carbons (Fsp3) is 0.739. The molecule has 2 fully saturated rings. The molecule has 1 aliphatic heterocycles. The Kier molecular flexibility index (Phi) is 11.7. The zero-order valence-corrected chi connectivity index (χ0v) is 19.5. The zero-order chi connectivity index (χ0) is 22.8. The van der Waals surface area contributed by atoms with Gasteiger partial charge in [0.05, 0.1) is 12.2 Å². The Morgan fingerprint density at radius 1 is 1.00 bits per heavy atom. The number of aromatic hydroxyl groups is 1. The number of phenols is 1. The predicted octanol–water partition coefficient (Wildman–Crippen LogP) is 3.24. The van der Waals surface area contributed by atoms with Gasteiger partial charge < -0.3 is 34.8 Å². The maximum absolute atomic E-state index is 10.4. The van der Waals surface area contributed by atoms with Gasteiger partial charge in [-0.15, -0.1) is 0 Å². The summed E-state index contributed by atoms with van der Waals surface area (Å²) in [6.45, 7) is 4.25. The molecule has 0 bridgehead atoms. The van der Waals surface area contributed by atoms with E-state index in [2.05, 4.69) is 13.8 Å². The summed E-state index contributed by atoms with van der Waals surface area (Å²) in [4.78, 5) is 10.4. The third-order valence-electron chi connectivity index (χ3n) is 5.56. The third kappa shape index (κ3) is 8.25. The highest BCUT2D eigenvalue weighted by Gasteiger charge is 2.45. The normalized spacial score (nSPS) is 30.3. The van der Waals surface area contributed by atoms with Gasteiger partial charge in [-0.25, -0.2) is 0 Å². The number of phenolic OH excluding ortho intramolecular Hbond substituents is 1. The van der Waals surface area contributed by atoms with E-state index >= 15 is 0 Å². The molecule has 7 nitrogen and oxygen atoms in total. The molecule has 1 saturated heterocycles. The van der Waals surface area contributed by atoms with E-state index in [0.29, 0.717) is 24.3 Å². The minimum atomic E-state index is -1.41. The molecule has 0 amide bonds. The highest BCUT2D eigenvalue weighted by Crippen LogP contribution is 2.39. The zero-order valence-electron chi connectivity index (χ0n) is 18.6. The predicted molar refractivity (Wildman–Crippen MR) is 121 cm³/mol. The van der Waals surface area contributed by atoms with Gasteiger partial charge in [0.1, 0.15) is 24.1 Å². The summed E-state index contributed by atoms with van der Waals surface area (Å²) in [5, 5.41) is 40.5. The number of hydrogen-bond donors (Lipinski definition) is 5. The Hall–Kier alpha value is -0.790. The highest BCUT2D eigenvalue weighted by molar-refractivity contribution is 7.50. The van der Waals surface area contributed by atoms with Crippen LogP contribution in [0.25, 0.3) is 0 Å². The van der Waals surface area contributed by atoms with Crippen LogP contribution >= 0.6 is 8.15 Å². The molecule has 1 aliphatic carbocycles. The summed E-state index contributed by atoms with van der Waals surface area (Å²) < 4.78 is 11.7. The first-order valence-electron chi connectivity index (χ1n) is 11.4. The van der Waals surface area contributed by atoms with Crippen molar-refractivity contribution >= 4 is 8.15 Å². The van der Waals surface area contributed by atoms with Gasteiger partial charge in [-0.1, -0.05) is 57.7 Å². The van der Waals surface area contributed by atoms with Gasteiger partial charge in [-0.2, -0.15) is 0 Å². The van der Waals surface area contributed by atoms with Gasteiger partial charge in [0.15, 0.2) is 6.29 Å². The van der Waals surface area contributed by atoms with Crippen molar-refractivity contribution in [2.24, 2.45) is 0 Å². The first kappa shape index (κ1) is 26.5. The van der Waals surface area contributed by atoms with Gasteiger partial charge in [0.25, 0.3) is 0 Å². The Bertz CT molecular complexity index is 626. The van der Waals surface area contributed by atoms with Crippen molar-refractivity contribution in [2.75, 3.05) is 6.16 Å². The van der Waals surface area contributed by atoms with Gasteiger partial charge in [-0.3, -0.25) is 0 Å². The minimum absolute atomic E-state index is 0.00693. The molecule has 31 heavy (non-hydrogen) atoms. The number of aliphatic hydroxyl groups is 3. The molecular weight excluding hydrogens is 419 g/mol. The second kappa shape index (κ2) is 13.7. The Balaban J connectivity index is 0.00000107. The lowest BCUT2D eigenvalue weighted by Gasteiger charge is -2.42. The van der Waals surface area contributed by atoms with E-state index in [1.165, 1.54) is 12.8 Å². The van der Waals surface area contributed by atoms with Crippen LogP contribution in [0.5, 0.6) is 5.75 Å². The average molecular weight is 459 g/mol. The maximum Gasteiger partial charge on any atom is 0.186 e. The van der Waals surface area contributed by atoms with Crippen LogP contribution in [0.1, 0.15) is 64.4 Å². The highest BCUT2D eigenvalue weighted by atomic mass is 31.1. The van der Waals surface area contributed by atoms with Crippen LogP contribution in [0.4, 0.5) is 0 Å². The van der Waals surface area contributed by atoms with E-state index in [1.807, 2.05) is 0 Å². The van der Waals surface area contributed by atoms with Crippen LogP contribution in [0.15, 0.2) is 24.3 Å². The van der Waals surface area contributed by atoms with E-state index < -0.39 is 38.9 Å². The summed E-state index contributed by atoms with van der Waals surface area (Å²) in [5.74, 6) is 0.150. The molecule has 1 heterocycles. The van der Waals surface area contributed by atoms with Crippen molar-refractivity contribution in [1.82, 2.24) is 0 Å². The first-order chi connectivity index (χ1) is 14.9. The largest absolute Gasteiger partial charge is 0.508 e. The van der Waals surface area contributed by atoms with Gasteiger partial charge in [-0.05, 0) is 31.5 Å². The number of hydrogen-bond acceptors (Lipinski definition) is 7. The average Bonchev–Trinajstić information content (AvgIpc) is 2.76. The summed E-state index contributed by atoms with van der Waals surface area (Å²) in [5.41, 5.74) is 0.676. The number of benzene rings is 1. The SMILES string of the molecule is CCC.Oc1ccccc1CP(O)CCC1O[C@H](OC2CCCCC2)C(O)C(O)[C@@H]1O. The lowest BCUT2D eigenvalue weighted by atomic mass is 9.96. The number of ether oxygens (including phenoxy) is 2. The lowest BCUT2D eigenvalue weighted by Crippen LogP contribution is -2.58. The second-order valence-corrected chi connectivity index (χ2v) is 10.2. The topological polar surface area (TPSA) is 120 Å². The molecule has 1 saturated carbocycles. The van der Waals surface area contributed by atoms with Crippen molar-refractivity contribution < 1.29 is 34.8 Å². The van der Waals surface area contributed by atoms with Crippen LogP contribution < -0.4 is 0 Å². The minimum Gasteiger partial charge on any atom is -0.508 e. The van der Waals surface area contributed by atoms with E-state index in [9.17, 15) is 25.3 Å². The lowest BCUT2D eigenvalue weighted by molar-refractivity contribution is -0.309. The molecule has 1 aromatic rings. The number of aliphatic hydroxyl groups excluding tert-OH is 3. The molecule has 2 aliphatic rings. The molecule has 4 unspecified atom stereocenters. The van der Waals surface area contributed by atoms with Crippen LogP contribution in [-0.2, 0) is 15.6 Å². The van der Waals surface area contributed by atoms with Crippen molar-refractivity contribution in [3.05, 3.63) is 29.8 Å². The molecule has 1 aromatic carbocycles. The molecule has 178 valence electrons. The maximum atomic E-state index is 10.4. The molecule has 0 aromatic heterocycles.